The number of nitrogens with zero attached hydrogens (tertiary/aromatic N) is 2. The van der Waals surface area contributed by atoms with E-state index >= 15 is 0 Å². The Kier molecular flexibility index (Phi) is 8.49. The Bertz CT molecular complexity index is 703. The number of hydrogen-bond donors (Lipinski definition) is 1. The van der Waals surface area contributed by atoms with Crippen LogP contribution >= 0.6 is 0 Å². The predicted octanol–water partition coefficient (Wildman–Crippen LogP) is 4.62. The first-order chi connectivity index (χ1) is 14.6. The molecule has 3 rings (SSSR count). The number of nitro benzene ring substituents is 1. The van der Waals surface area contributed by atoms with Crippen molar-refractivity contribution in [1.82, 2.24) is 4.90 Å². The Morgan fingerprint density at radius 3 is 2.57 bits per heavy atom. The molecular formula is C23H35N3O4. The van der Waals surface area contributed by atoms with Crippen molar-refractivity contribution in [2.24, 2.45) is 11.8 Å². The number of nitrogens with one attached hydrogen (secondary N) is 1. The molecule has 2 unspecified atom stereocenters. The fourth-order valence-electron chi connectivity index (χ4n) is 4.89. The number of para-hydroxylation sites is 2. The first-order valence-corrected chi connectivity index (χ1v) is 11.5. The Morgan fingerprint density at radius 2 is 1.87 bits per heavy atom. The normalized spacial score (nSPS) is 23.9. The average molecular weight is 418 g/mol. The van der Waals surface area contributed by atoms with Crippen molar-refractivity contribution < 1.29 is 14.5 Å². The lowest BCUT2D eigenvalue weighted by Gasteiger charge is -2.39. The van der Waals surface area contributed by atoms with Gasteiger partial charge in [0.25, 0.3) is 5.69 Å². The maximum absolute atomic E-state index is 12.7. The summed E-state index contributed by atoms with van der Waals surface area (Å²) in [5, 5.41) is 14.7. The molecule has 1 aromatic rings. The summed E-state index contributed by atoms with van der Waals surface area (Å²) in [6.07, 6.45) is 9.97. The van der Waals surface area contributed by atoms with Crippen LogP contribution in [0.4, 0.5) is 11.4 Å². The number of benzene rings is 1. The number of ether oxygens (including phenoxy) is 1. The van der Waals surface area contributed by atoms with E-state index in [2.05, 4.69) is 10.2 Å². The van der Waals surface area contributed by atoms with Crippen molar-refractivity contribution >= 4 is 17.3 Å². The molecule has 1 N–H and O–H groups in total. The Morgan fingerprint density at radius 1 is 1.17 bits per heavy atom. The van der Waals surface area contributed by atoms with Crippen molar-refractivity contribution in [3.63, 3.8) is 0 Å². The number of hydrogen-bond acceptors (Lipinski definition) is 6. The lowest BCUT2D eigenvalue weighted by atomic mass is 9.88. The summed E-state index contributed by atoms with van der Waals surface area (Å²) in [4.78, 5) is 26.1. The zero-order valence-corrected chi connectivity index (χ0v) is 18.1. The summed E-state index contributed by atoms with van der Waals surface area (Å²) in [7, 11) is 0. The van der Waals surface area contributed by atoms with E-state index in [4.69, 9.17) is 4.74 Å². The predicted molar refractivity (Wildman–Crippen MR) is 117 cm³/mol. The van der Waals surface area contributed by atoms with E-state index in [1.807, 2.05) is 6.92 Å². The van der Waals surface area contributed by atoms with Gasteiger partial charge in [-0.25, -0.2) is 0 Å². The summed E-state index contributed by atoms with van der Waals surface area (Å²) in [5.41, 5.74) is 0.507. The first kappa shape index (κ1) is 22.5. The molecule has 1 saturated heterocycles. The largest absolute Gasteiger partial charge is 0.466 e. The van der Waals surface area contributed by atoms with E-state index in [-0.39, 0.29) is 28.5 Å². The highest BCUT2D eigenvalue weighted by Crippen LogP contribution is 2.30. The van der Waals surface area contributed by atoms with Gasteiger partial charge in [-0.3, -0.25) is 14.9 Å². The van der Waals surface area contributed by atoms with E-state index in [9.17, 15) is 14.9 Å². The molecule has 1 aliphatic heterocycles. The van der Waals surface area contributed by atoms with Crippen molar-refractivity contribution in [3.05, 3.63) is 34.4 Å². The zero-order valence-electron chi connectivity index (χ0n) is 18.1. The standard InChI is InChI=1S/C23H35N3O4/c1-2-30-23(27)19-17-25(16-18-10-6-4-3-5-7-11-18)15-14-20(19)24-21-12-8-9-13-22(21)26(28)29/h8-9,12-13,18-20,24H,2-7,10-11,14-17H2,1H3. The SMILES string of the molecule is CCOC(=O)C1CN(CC2CCCCCCC2)CCC1Nc1ccccc1[N+](=O)[O-]. The van der Waals surface area contributed by atoms with Crippen LogP contribution in [-0.4, -0.2) is 48.1 Å². The van der Waals surface area contributed by atoms with Crippen LogP contribution in [0.2, 0.25) is 0 Å². The minimum absolute atomic E-state index is 0.0389. The first-order valence-electron chi connectivity index (χ1n) is 11.5. The Balaban J connectivity index is 1.68. The fraction of sp³-hybridized carbons (Fsp3) is 0.696. The van der Waals surface area contributed by atoms with Gasteiger partial charge in [0.15, 0.2) is 0 Å². The number of anilines is 1. The average Bonchev–Trinajstić information content (AvgIpc) is 2.71. The smallest absolute Gasteiger partial charge is 0.312 e. The number of carbonyl (C=O) groups is 1. The van der Waals surface area contributed by atoms with E-state index in [0.29, 0.717) is 24.8 Å². The van der Waals surface area contributed by atoms with E-state index in [1.54, 1.807) is 18.2 Å². The van der Waals surface area contributed by atoms with Gasteiger partial charge >= 0.3 is 5.97 Å². The van der Waals surface area contributed by atoms with Crippen molar-refractivity contribution in [1.29, 1.82) is 0 Å². The summed E-state index contributed by atoms with van der Waals surface area (Å²) in [5.74, 6) is 0.163. The summed E-state index contributed by atoms with van der Waals surface area (Å²) >= 11 is 0. The van der Waals surface area contributed by atoms with Crippen LogP contribution in [0.5, 0.6) is 0 Å². The molecule has 166 valence electrons. The number of likely N-dealkylation sites (tertiary alicyclic amines) is 1. The van der Waals surface area contributed by atoms with Crippen molar-refractivity contribution in [2.75, 3.05) is 31.6 Å². The molecule has 7 heteroatoms. The Hall–Kier alpha value is -2.15. The molecule has 1 aromatic carbocycles. The zero-order chi connectivity index (χ0) is 21.3. The summed E-state index contributed by atoms with van der Waals surface area (Å²) in [6, 6.07) is 6.47. The Labute approximate surface area is 179 Å². The molecule has 0 amide bonds. The van der Waals surface area contributed by atoms with Crippen LogP contribution < -0.4 is 5.32 Å². The minimum atomic E-state index is -0.383. The third-order valence-electron chi connectivity index (χ3n) is 6.47. The topological polar surface area (TPSA) is 84.7 Å². The molecule has 2 atom stereocenters. The third kappa shape index (κ3) is 6.17. The number of nitro groups is 1. The highest BCUT2D eigenvalue weighted by atomic mass is 16.6. The summed E-state index contributed by atoms with van der Waals surface area (Å²) in [6.45, 7) is 4.74. The molecule has 30 heavy (non-hydrogen) atoms. The van der Waals surface area contributed by atoms with E-state index < -0.39 is 0 Å². The molecule has 1 aliphatic carbocycles. The van der Waals surface area contributed by atoms with Gasteiger partial charge in [0.2, 0.25) is 0 Å². The minimum Gasteiger partial charge on any atom is -0.466 e. The number of piperidine rings is 1. The highest BCUT2D eigenvalue weighted by Gasteiger charge is 2.36. The molecule has 2 fully saturated rings. The van der Waals surface area contributed by atoms with Gasteiger partial charge < -0.3 is 15.0 Å². The molecule has 7 nitrogen and oxygen atoms in total. The molecule has 2 aliphatic rings. The van der Waals surface area contributed by atoms with Gasteiger partial charge in [-0.15, -0.1) is 0 Å². The highest BCUT2D eigenvalue weighted by molar-refractivity contribution is 5.75. The van der Waals surface area contributed by atoms with Gasteiger partial charge in [-0.2, -0.15) is 0 Å². The maximum atomic E-state index is 12.7. The van der Waals surface area contributed by atoms with Crippen LogP contribution in [0.1, 0.15) is 58.3 Å². The van der Waals surface area contributed by atoms with Gasteiger partial charge in [-0.05, 0) is 38.2 Å². The molecule has 0 aromatic heterocycles. The fourth-order valence-corrected chi connectivity index (χ4v) is 4.89. The van der Waals surface area contributed by atoms with Gasteiger partial charge in [0.05, 0.1) is 17.4 Å². The van der Waals surface area contributed by atoms with Crippen LogP contribution in [-0.2, 0) is 9.53 Å². The number of rotatable bonds is 7. The number of carbonyl (C=O) groups excluding carboxylic acids is 1. The van der Waals surface area contributed by atoms with Crippen LogP contribution in [0.25, 0.3) is 0 Å². The van der Waals surface area contributed by atoms with Gasteiger partial charge in [-0.1, -0.05) is 44.2 Å². The third-order valence-corrected chi connectivity index (χ3v) is 6.47. The summed E-state index contributed by atoms with van der Waals surface area (Å²) < 4.78 is 5.36. The van der Waals surface area contributed by atoms with E-state index in [0.717, 1.165) is 19.5 Å². The van der Waals surface area contributed by atoms with Crippen LogP contribution in [0.15, 0.2) is 24.3 Å². The van der Waals surface area contributed by atoms with Crippen molar-refractivity contribution in [3.8, 4) is 0 Å². The van der Waals surface area contributed by atoms with Crippen LogP contribution in [0, 0.1) is 22.0 Å². The van der Waals surface area contributed by atoms with Crippen molar-refractivity contribution in [2.45, 2.75) is 64.3 Å². The van der Waals surface area contributed by atoms with Gasteiger partial charge in [0, 0.05) is 31.7 Å². The lowest BCUT2D eigenvalue weighted by molar-refractivity contribution is -0.384. The molecule has 1 saturated carbocycles. The van der Waals surface area contributed by atoms with Gasteiger partial charge in [0.1, 0.15) is 5.69 Å². The lowest BCUT2D eigenvalue weighted by Crippen LogP contribution is -2.51. The molecular weight excluding hydrogens is 382 g/mol. The molecule has 0 spiro atoms. The van der Waals surface area contributed by atoms with E-state index in [1.165, 1.54) is 51.0 Å². The number of esters is 1. The molecule has 0 bridgehead atoms. The van der Waals surface area contributed by atoms with Crippen LogP contribution in [0.3, 0.4) is 0 Å². The second-order valence-corrected chi connectivity index (χ2v) is 8.64. The quantitative estimate of drug-likeness (QED) is 0.396. The second-order valence-electron chi connectivity index (χ2n) is 8.64. The monoisotopic (exact) mass is 417 g/mol. The second kappa shape index (κ2) is 11.3. The molecule has 0 radical (unpaired) electrons. The molecule has 1 heterocycles. The maximum Gasteiger partial charge on any atom is 0.312 e.